The van der Waals surface area contributed by atoms with Gasteiger partial charge in [-0.3, -0.25) is 0 Å². The van der Waals surface area contributed by atoms with Gasteiger partial charge in [-0.15, -0.1) is 11.3 Å². The van der Waals surface area contributed by atoms with Crippen LogP contribution in [0.15, 0.2) is 24.3 Å². The van der Waals surface area contributed by atoms with E-state index in [0.29, 0.717) is 22.9 Å². The van der Waals surface area contributed by atoms with Crippen molar-refractivity contribution in [2.45, 2.75) is 20.5 Å². The van der Waals surface area contributed by atoms with Gasteiger partial charge in [-0.25, -0.2) is 9.78 Å². The molecule has 1 heterocycles. The Bertz CT molecular complexity index is 675. The first-order chi connectivity index (χ1) is 9.95. The molecular formula is C15H14ClNO3S. The highest BCUT2D eigenvalue weighted by molar-refractivity contribution is 7.11. The molecule has 0 aliphatic rings. The van der Waals surface area contributed by atoms with Gasteiger partial charge in [0.1, 0.15) is 17.4 Å². The number of carbonyl (C=O) groups is 1. The molecule has 1 aromatic carbocycles. The number of aliphatic carboxylic acids is 1. The van der Waals surface area contributed by atoms with E-state index in [1.165, 1.54) is 11.0 Å². The van der Waals surface area contributed by atoms with Crippen LogP contribution in [0, 0.1) is 13.8 Å². The number of hydrogen-bond donors (Lipinski definition) is 1. The van der Waals surface area contributed by atoms with E-state index in [0.717, 1.165) is 16.8 Å². The fraction of sp³-hybridized carbons (Fsp3) is 0.200. The second kappa shape index (κ2) is 6.74. The molecule has 1 N–H and O–H groups in total. The van der Waals surface area contributed by atoms with Crippen LogP contribution >= 0.6 is 22.9 Å². The summed E-state index contributed by atoms with van der Waals surface area (Å²) in [6.07, 6.45) is 2.54. The summed E-state index contributed by atoms with van der Waals surface area (Å²) >= 11 is 7.72. The van der Waals surface area contributed by atoms with Gasteiger partial charge >= 0.3 is 5.97 Å². The number of carboxylic acids is 1. The molecule has 1 aromatic heterocycles. The molecule has 0 saturated carbocycles. The minimum Gasteiger partial charge on any atom is -0.485 e. The van der Waals surface area contributed by atoms with Crippen LogP contribution in [0.25, 0.3) is 6.08 Å². The maximum atomic E-state index is 10.5. The number of nitrogens with zero attached hydrogens (tertiary/aromatic N) is 1. The Kier molecular flexibility index (Phi) is 4.98. The van der Waals surface area contributed by atoms with Gasteiger partial charge in [-0.1, -0.05) is 17.7 Å². The molecule has 0 aliphatic heterocycles. The summed E-state index contributed by atoms with van der Waals surface area (Å²) in [7, 11) is 0. The summed E-state index contributed by atoms with van der Waals surface area (Å²) in [4.78, 5) is 16.0. The quantitative estimate of drug-likeness (QED) is 0.842. The number of carboxylic acid groups (broad SMARTS) is 1. The number of ether oxygens (including phenoxy) is 1. The lowest BCUT2D eigenvalue weighted by molar-refractivity contribution is -0.131. The van der Waals surface area contributed by atoms with E-state index in [1.807, 2.05) is 13.8 Å². The molecule has 2 aromatic rings. The number of thiazole rings is 1. The van der Waals surface area contributed by atoms with E-state index in [1.54, 1.807) is 29.5 Å². The molecule has 0 bridgehead atoms. The molecule has 0 atom stereocenters. The summed E-state index contributed by atoms with van der Waals surface area (Å²) in [5.41, 5.74) is 1.72. The van der Waals surface area contributed by atoms with E-state index in [9.17, 15) is 4.79 Å². The van der Waals surface area contributed by atoms with E-state index in [2.05, 4.69) is 4.98 Å². The molecule has 2 rings (SSSR count). The average molecular weight is 324 g/mol. The molecule has 4 nitrogen and oxygen atoms in total. The van der Waals surface area contributed by atoms with Crippen LogP contribution < -0.4 is 4.74 Å². The predicted octanol–water partition coefficient (Wildman–Crippen LogP) is 4.09. The van der Waals surface area contributed by atoms with Crippen LogP contribution in [0.3, 0.4) is 0 Å². The normalized spacial score (nSPS) is 11.0. The van der Waals surface area contributed by atoms with E-state index < -0.39 is 5.97 Å². The van der Waals surface area contributed by atoms with Crippen molar-refractivity contribution >= 4 is 35.0 Å². The van der Waals surface area contributed by atoms with Gasteiger partial charge in [0.05, 0.1) is 10.7 Å². The summed E-state index contributed by atoms with van der Waals surface area (Å²) in [5, 5.41) is 9.92. The standard InChI is InChI=1S/C15H14ClNO3S/c1-9-10(2)21-14(17-9)8-20-13-5-3-11(7-12(13)16)4-6-15(18)19/h3-7H,8H2,1-2H3,(H,18,19)/b6-4+. The summed E-state index contributed by atoms with van der Waals surface area (Å²) < 4.78 is 5.65. The summed E-state index contributed by atoms with van der Waals surface area (Å²) in [6, 6.07) is 5.13. The zero-order chi connectivity index (χ0) is 15.4. The topological polar surface area (TPSA) is 59.4 Å². The van der Waals surface area contributed by atoms with Crippen LogP contribution in [-0.2, 0) is 11.4 Å². The highest BCUT2D eigenvalue weighted by Crippen LogP contribution is 2.27. The van der Waals surface area contributed by atoms with Crippen molar-refractivity contribution in [3.8, 4) is 5.75 Å². The number of benzene rings is 1. The van der Waals surface area contributed by atoms with Crippen LogP contribution in [0.4, 0.5) is 0 Å². The third kappa shape index (κ3) is 4.31. The number of halogens is 1. The highest BCUT2D eigenvalue weighted by atomic mass is 35.5. The Morgan fingerprint density at radius 2 is 2.24 bits per heavy atom. The third-order valence-corrected chi connectivity index (χ3v) is 4.14. The average Bonchev–Trinajstić information content (AvgIpc) is 2.74. The monoisotopic (exact) mass is 323 g/mol. The van der Waals surface area contributed by atoms with Gasteiger partial charge in [0, 0.05) is 11.0 Å². The van der Waals surface area contributed by atoms with Gasteiger partial charge in [-0.2, -0.15) is 0 Å². The van der Waals surface area contributed by atoms with Gasteiger partial charge in [0.25, 0.3) is 0 Å². The molecule has 6 heteroatoms. The van der Waals surface area contributed by atoms with Gasteiger partial charge < -0.3 is 9.84 Å². The van der Waals surface area contributed by atoms with Crippen molar-refractivity contribution < 1.29 is 14.6 Å². The van der Waals surface area contributed by atoms with Crippen molar-refractivity contribution in [3.63, 3.8) is 0 Å². The Morgan fingerprint density at radius 1 is 1.48 bits per heavy atom. The summed E-state index contributed by atoms with van der Waals surface area (Å²) in [6.45, 7) is 4.35. The molecule has 110 valence electrons. The van der Waals surface area contributed by atoms with Crippen LogP contribution in [0.5, 0.6) is 5.75 Å². The minimum atomic E-state index is -0.999. The van der Waals surface area contributed by atoms with Crippen LogP contribution in [0.2, 0.25) is 5.02 Å². The molecular weight excluding hydrogens is 310 g/mol. The van der Waals surface area contributed by atoms with Crippen molar-refractivity contribution in [3.05, 3.63) is 50.4 Å². The summed E-state index contributed by atoms with van der Waals surface area (Å²) in [5.74, 6) is -0.449. The zero-order valence-electron chi connectivity index (χ0n) is 11.6. The van der Waals surface area contributed by atoms with Gasteiger partial charge in [0.2, 0.25) is 0 Å². The SMILES string of the molecule is Cc1nc(COc2ccc(/C=C/C(=O)O)cc2Cl)sc1C. The number of aromatic nitrogens is 1. The van der Waals surface area contributed by atoms with Crippen molar-refractivity contribution in [1.29, 1.82) is 0 Å². The molecule has 0 unspecified atom stereocenters. The molecule has 0 amide bonds. The lowest BCUT2D eigenvalue weighted by Crippen LogP contribution is -1.95. The fourth-order valence-electron chi connectivity index (χ4n) is 1.65. The fourth-order valence-corrected chi connectivity index (χ4v) is 2.74. The lowest BCUT2D eigenvalue weighted by atomic mass is 10.2. The molecule has 21 heavy (non-hydrogen) atoms. The Morgan fingerprint density at radius 3 is 2.81 bits per heavy atom. The van der Waals surface area contributed by atoms with E-state index >= 15 is 0 Å². The number of rotatable bonds is 5. The molecule has 0 saturated heterocycles. The van der Waals surface area contributed by atoms with E-state index in [-0.39, 0.29) is 0 Å². The van der Waals surface area contributed by atoms with Gasteiger partial charge in [-0.05, 0) is 37.6 Å². The Balaban J connectivity index is 2.05. The minimum absolute atomic E-state index is 0.364. The highest BCUT2D eigenvalue weighted by Gasteiger charge is 2.07. The maximum Gasteiger partial charge on any atom is 0.328 e. The van der Waals surface area contributed by atoms with E-state index in [4.69, 9.17) is 21.4 Å². The third-order valence-electron chi connectivity index (χ3n) is 2.80. The van der Waals surface area contributed by atoms with Crippen molar-refractivity contribution in [1.82, 2.24) is 4.98 Å². The smallest absolute Gasteiger partial charge is 0.328 e. The van der Waals surface area contributed by atoms with Crippen LogP contribution in [0.1, 0.15) is 21.1 Å². The first-order valence-electron chi connectivity index (χ1n) is 6.22. The first-order valence-corrected chi connectivity index (χ1v) is 7.41. The van der Waals surface area contributed by atoms with Crippen LogP contribution in [-0.4, -0.2) is 16.1 Å². The zero-order valence-corrected chi connectivity index (χ0v) is 13.2. The second-order valence-corrected chi connectivity index (χ2v) is 6.09. The van der Waals surface area contributed by atoms with Crippen molar-refractivity contribution in [2.24, 2.45) is 0 Å². The Labute approximate surface area is 131 Å². The number of aryl methyl sites for hydroxylation is 2. The maximum absolute atomic E-state index is 10.5. The first kappa shape index (κ1) is 15.5. The second-order valence-electron chi connectivity index (χ2n) is 4.40. The molecule has 0 aliphatic carbocycles. The largest absolute Gasteiger partial charge is 0.485 e. The van der Waals surface area contributed by atoms with Gasteiger partial charge in [0.15, 0.2) is 0 Å². The number of hydrogen-bond acceptors (Lipinski definition) is 4. The molecule has 0 fully saturated rings. The Hall–Kier alpha value is -1.85. The molecule has 0 spiro atoms. The molecule has 0 radical (unpaired) electrons. The lowest BCUT2D eigenvalue weighted by Gasteiger charge is -2.07. The van der Waals surface area contributed by atoms with Crippen molar-refractivity contribution in [2.75, 3.05) is 0 Å². The predicted molar refractivity (Wildman–Crippen MR) is 84.0 cm³/mol.